The number of nitrogens with one attached hydrogen (secondary N) is 2. The normalized spacial score (nSPS) is 10.6. The van der Waals surface area contributed by atoms with Gasteiger partial charge in [0.25, 0.3) is 5.91 Å². The van der Waals surface area contributed by atoms with Crippen molar-refractivity contribution in [3.8, 4) is 0 Å². The smallest absolute Gasteiger partial charge is 0.251 e. The standard InChI is InChI=1S/C20H20BrN5O2S/c1-13-10-15(21)8-9-16(13)23-18(27)12-29-20-25-24-17(26(20)2)11-22-19(28)14-6-4-3-5-7-14/h3-10H,11-12H2,1-2H3,(H,22,28)(H,23,27). The summed E-state index contributed by atoms with van der Waals surface area (Å²) < 4.78 is 2.74. The van der Waals surface area contributed by atoms with Gasteiger partial charge in [-0.1, -0.05) is 45.9 Å². The van der Waals surface area contributed by atoms with E-state index in [9.17, 15) is 9.59 Å². The van der Waals surface area contributed by atoms with Crippen molar-refractivity contribution < 1.29 is 9.59 Å². The van der Waals surface area contributed by atoms with Gasteiger partial charge >= 0.3 is 0 Å². The zero-order chi connectivity index (χ0) is 20.8. The number of benzene rings is 2. The number of thioether (sulfide) groups is 1. The number of hydrogen-bond donors (Lipinski definition) is 2. The summed E-state index contributed by atoms with van der Waals surface area (Å²) in [6.45, 7) is 2.19. The zero-order valence-electron chi connectivity index (χ0n) is 16.0. The summed E-state index contributed by atoms with van der Waals surface area (Å²) in [5.74, 6) is 0.521. The van der Waals surface area contributed by atoms with Crippen LogP contribution in [0.3, 0.4) is 0 Å². The van der Waals surface area contributed by atoms with Gasteiger partial charge in [0.1, 0.15) is 0 Å². The third kappa shape index (κ3) is 5.68. The fourth-order valence-electron chi connectivity index (χ4n) is 2.56. The molecule has 0 unspecified atom stereocenters. The first-order chi connectivity index (χ1) is 13.9. The van der Waals surface area contributed by atoms with Crippen LogP contribution in [0.4, 0.5) is 5.69 Å². The molecule has 0 atom stereocenters. The maximum absolute atomic E-state index is 12.3. The van der Waals surface area contributed by atoms with Crippen LogP contribution in [0, 0.1) is 6.92 Å². The molecule has 2 amide bonds. The highest BCUT2D eigenvalue weighted by Gasteiger charge is 2.13. The van der Waals surface area contributed by atoms with Crippen molar-refractivity contribution >= 4 is 45.2 Å². The summed E-state index contributed by atoms with van der Waals surface area (Å²) in [6, 6.07) is 14.7. The zero-order valence-corrected chi connectivity index (χ0v) is 18.4. The van der Waals surface area contributed by atoms with Gasteiger partial charge in [0.15, 0.2) is 11.0 Å². The minimum absolute atomic E-state index is 0.123. The highest BCUT2D eigenvalue weighted by atomic mass is 79.9. The van der Waals surface area contributed by atoms with Crippen LogP contribution >= 0.6 is 27.7 Å². The van der Waals surface area contributed by atoms with Gasteiger partial charge in [-0.2, -0.15) is 0 Å². The monoisotopic (exact) mass is 473 g/mol. The first kappa shape index (κ1) is 21.1. The van der Waals surface area contributed by atoms with E-state index in [0.29, 0.717) is 16.5 Å². The number of amides is 2. The molecule has 29 heavy (non-hydrogen) atoms. The number of rotatable bonds is 7. The Kier molecular flexibility index (Phi) is 7.05. The molecule has 2 aromatic carbocycles. The summed E-state index contributed by atoms with van der Waals surface area (Å²) in [7, 11) is 1.81. The van der Waals surface area contributed by atoms with Crippen LogP contribution in [0.2, 0.25) is 0 Å². The lowest BCUT2D eigenvalue weighted by atomic mass is 10.2. The molecule has 1 heterocycles. The molecule has 0 saturated heterocycles. The summed E-state index contributed by atoms with van der Waals surface area (Å²) in [5, 5.41) is 14.5. The molecule has 0 aliphatic heterocycles. The Labute approximate surface area is 181 Å². The van der Waals surface area contributed by atoms with Gasteiger partial charge in [0.2, 0.25) is 5.91 Å². The lowest BCUT2D eigenvalue weighted by Crippen LogP contribution is -2.24. The number of carbonyl (C=O) groups is 2. The van der Waals surface area contributed by atoms with E-state index in [2.05, 4.69) is 36.8 Å². The molecule has 0 aliphatic rings. The fourth-order valence-corrected chi connectivity index (χ4v) is 3.76. The lowest BCUT2D eigenvalue weighted by Gasteiger charge is -2.09. The van der Waals surface area contributed by atoms with Crippen molar-refractivity contribution in [1.82, 2.24) is 20.1 Å². The van der Waals surface area contributed by atoms with E-state index in [-0.39, 0.29) is 24.1 Å². The summed E-state index contributed by atoms with van der Waals surface area (Å²) in [4.78, 5) is 24.4. The number of carbonyl (C=O) groups excluding carboxylic acids is 2. The average molecular weight is 474 g/mol. The number of nitrogens with zero attached hydrogens (tertiary/aromatic N) is 3. The van der Waals surface area contributed by atoms with E-state index in [4.69, 9.17) is 0 Å². The van der Waals surface area contributed by atoms with E-state index in [1.165, 1.54) is 11.8 Å². The first-order valence-electron chi connectivity index (χ1n) is 8.84. The Morgan fingerprint density at radius 3 is 2.62 bits per heavy atom. The molecule has 2 N–H and O–H groups in total. The molecule has 0 saturated carbocycles. The minimum atomic E-state index is -0.174. The second-order valence-electron chi connectivity index (χ2n) is 6.30. The van der Waals surface area contributed by atoms with E-state index in [1.807, 2.05) is 50.4 Å². The van der Waals surface area contributed by atoms with Crippen molar-refractivity contribution in [1.29, 1.82) is 0 Å². The predicted octanol–water partition coefficient (Wildman–Crippen LogP) is 3.55. The topological polar surface area (TPSA) is 88.9 Å². The molecule has 9 heteroatoms. The fraction of sp³-hybridized carbons (Fsp3) is 0.200. The number of hydrogen-bond acceptors (Lipinski definition) is 5. The van der Waals surface area contributed by atoms with Gasteiger partial charge in [0, 0.05) is 22.8 Å². The van der Waals surface area contributed by atoms with Gasteiger partial charge in [-0.05, 0) is 42.8 Å². The number of anilines is 1. The van der Waals surface area contributed by atoms with Crippen molar-refractivity contribution in [2.45, 2.75) is 18.6 Å². The van der Waals surface area contributed by atoms with Gasteiger partial charge in [-0.25, -0.2) is 0 Å². The first-order valence-corrected chi connectivity index (χ1v) is 10.6. The molecule has 150 valence electrons. The molecule has 0 fully saturated rings. The van der Waals surface area contributed by atoms with Gasteiger partial charge in [0.05, 0.1) is 12.3 Å². The maximum Gasteiger partial charge on any atom is 0.251 e. The molecular formula is C20H20BrN5O2S. The molecule has 3 rings (SSSR count). The van der Waals surface area contributed by atoms with Crippen molar-refractivity contribution in [3.05, 3.63) is 70.0 Å². The molecule has 0 bridgehead atoms. The van der Waals surface area contributed by atoms with Crippen molar-refractivity contribution in [2.75, 3.05) is 11.1 Å². The Balaban J connectivity index is 1.52. The molecule has 7 nitrogen and oxygen atoms in total. The van der Waals surface area contributed by atoms with E-state index >= 15 is 0 Å². The second-order valence-corrected chi connectivity index (χ2v) is 8.16. The third-order valence-corrected chi connectivity index (χ3v) is 5.68. The molecule has 3 aromatic rings. The Morgan fingerprint density at radius 1 is 1.14 bits per heavy atom. The molecule has 0 radical (unpaired) electrons. The highest BCUT2D eigenvalue weighted by Crippen LogP contribution is 2.21. The Morgan fingerprint density at radius 2 is 1.90 bits per heavy atom. The van der Waals surface area contributed by atoms with Crippen LogP contribution in [0.5, 0.6) is 0 Å². The molecule has 0 spiro atoms. The van der Waals surface area contributed by atoms with Crippen LogP contribution in [0.15, 0.2) is 58.2 Å². The van der Waals surface area contributed by atoms with E-state index < -0.39 is 0 Å². The van der Waals surface area contributed by atoms with E-state index in [1.54, 1.807) is 16.7 Å². The maximum atomic E-state index is 12.3. The van der Waals surface area contributed by atoms with Crippen LogP contribution in [-0.2, 0) is 18.4 Å². The number of aryl methyl sites for hydroxylation is 1. The highest BCUT2D eigenvalue weighted by molar-refractivity contribution is 9.10. The lowest BCUT2D eigenvalue weighted by molar-refractivity contribution is -0.113. The van der Waals surface area contributed by atoms with Gasteiger partial charge < -0.3 is 15.2 Å². The van der Waals surface area contributed by atoms with E-state index in [0.717, 1.165) is 15.7 Å². The van der Waals surface area contributed by atoms with Crippen LogP contribution < -0.4 is 10.6 Å². The molecular weight excluding hydrogens is 454 g/mol. The van der Waals surface area contributed by atoms with Crippen LogP contribution in [-0.4, -0.2) is 32.3 Å². The summed E-state index contributed by atoms with van der Waals surface area (Å²) in [6.07, 6.45) is 0. The van der Waals surface area contributed by atoms with Gasteiger partial charge in [-0.3, -0.25) is 9.59 Å². The summed E-state index contributed by atoms with van der Waals surface area (Å²) >= 11 is 4.70. The number of halogens is 1. The Bertz CT molecular complexity index is 1020. The molecule has 0 aliphatic carbocycles. The predicted molar refractivity (Wildman–Crippen MR) is 117 cm³/mol. The summed E-state index contributed by atoms with van der Waals surface area (Å²) in [5.41, 5.74) is 2.35. The minimum Gasteiger partial charge on any atom is -0.345 e. The quantitative estimate of drug-likeness (QED) is 0.512. The average Bonchev–Trinajstić information content (AvgIpc) is 3.07. The second kappa shape index (κ2) is 9.71. The SMILES string of the molecule is Cc1cc(Br)ccc1NC(=O)CSc1nnc(CNC(=O)c2ccccc2)n1C. The largest absolute Gasteiger partial charge is 0.345 e. The van der Waals surface area contributed by atoms with Crippen molar-refractivity contribution in [3.63, 3.8) is 0 Å². The Hall–Kier alpha value is -2.65. The van der Waals surface area contributed by atoms with Crippen molar-refractivity contribution in [2.24, 2.45) is 7.05 Å². The van der Waals surface area contributed by atoms with Crippen LogP contribution in [0.25, 0.3) is 0 Å². The van der Waals surface area contributed by atoms with Crippen LogP contribution in [0.1, 0.15) is 21.7 Å². The number of aromatic nitrogens is 3. The molecule has 1 aromatic heterocycles. The van der Waals surface area contributed by atoms with Gasteiger partial charge in [-0.15, -0.1) is 10.2 Å². The third-order valence-electron chi connectivity index (χ3n) is 4.16.